The molecule has 1 saturated heterocycles. The molecule has 11 heteroatoms. The summed E-state index contributed by atoms with van der Waals surface area (Å²) in [6.45, 7) is 14.0. The molecular formula is C33H44F4N2O4Si. The second-order valence-electron chi connectivity index (χ2n) is 14.0. The fourth-order valence-corrected chi connectivity index (χ4v) is 6.24. The molecule has 6 nitrogen and oxygen atoms in total. The number of fused-ring (bicyclic) bond motifs is 1. The lowest BCUT2D eigenvalue weighted by Gasteiger charge is -2.42. The van der Waals surface area contributed by atoms with Crippen LogP contribution in [0.25, 0.3) is 10.9 Å². The molecule has 0 N–H and O–H groups in total. The summed E-state index contributed by atoms with van der Waals surface area (Å²) in [7, 11) is -1.30. The van der Waals surface area contributed by atoms with E-state index < -0.39 is 36.9 Å². The van der Waals surface area contributed by atoms with E-state index >= 15 is 0 Å². The minimum absolute atomic E-state index is 0.0575. The number of ether oxygens (including phenoxy) is 3. The summed E-state index contributed by atoms with van der Waals surface area (Å²) in [5.74, 6) is -0.366. The Balaban J connectivity index is 1.55. The van der Waals surface area contributed by atoms with Gasteiger partial charge in [-0.05, 0) is 75.6 Å². The van der Waals surface area contributed by atoms with Crippen LogP contribution in [-0.4, -0.2) is 55.5 Å². The zero-order valence-electron chi connectivity index (χ0n) is 26.5. The van der Waals surface area contributed by atoms with Crippen molar-refractivity contribution in [2.24, 2.45) is 0 Å². The lowest BCUT2D eigenvalue weighted by atomic mass is 9.73. The molecule has 44 heavy (non-hydrogen) atoms. The van der Waals surface area contributed by atoms with Crippen molar-refractivity contribution in [2.75, 3.05) is 26.3 Å². The second kappa shape index (κ2) is 13.2. The number of carbonyl (C=O) groups excluding carboxylic acids is 1. The number of amides is 1. The Morgan fingerprint density at radius 3 is 2.23 bits per heavy atom. The quantitative estimate of drug-likeness (QED) is 0.127. The number of benzene rings is 2. The molecule has 1 aliphatic heterocycles. The van der Waals surface area contributed by atoms with Gasteiger partial charge in [-0.25, -0.2) is 9.18 Å². The molecule has 242 valence electrons. The number of hydrogen-bond acceptors (Lipinski definition) is 4. The van der Waals surface area contributed by atoms with E-state index in [4.69, 9.17) is 14.2 Å². The van der Waals surface area contributed by atoms with Gasteiger partial charge in [-0.2, -0.15) is 13.2 Å². The Bertz CT molecular complexity index is 1420. The highest BCUT2D eigenvalue weighted by Gasteiger charge is 2.39. The van der Waals surface area contributed by atoms with E-state index in [2.05, 4.69) is 19.6 Å². The Morgan fingerprint density at radius 1 is 0.977 bits per heavy atom. The molecule has 0 bridgehead atoms. The third kappa shape index (κ3) is 8.85. The fraction of sp³-hybridized carbons (Fsp3) is 0.545. The highest BCUT2D eigenvalue weighted by molar-refractivity contribution is 6.76. The number of piperidine rings is 1. The minimum Gasteiger partial charge on any atom is -0.444 e. The van der Waals surface area contributed by atoms with E-state index in [0.717, 1.165) is 23.7 Å². The van der Waals surface area contributed by atoms with Crippen LogP contribution >= 0.6 is 0 Å². The Kier molecular flexibility index (Phi) is 10.2. The van der Waals surface area contributed by atoms with Crippen molar-refractivity contribution < 1.29 is 36.6 Å². The number of likely N-dealkylation sites (tertiary alicyclic amines) is 1. The summed E-state index contributed by atoms with van der Waals surface area (Å²) in [5, 5.41) is 0.464. The maximum Gasteiger partial charge on any atom is 0.416 e. The maximum atomic E-state index is 13.9. The number of alkyl halides is 3. The van der Waals surface area contributed by atoms with Crippen molar-refractivity contribution in [3.05, 3.63) is 71.2 Å². The van der Waals surface area contributed by atoms with Crippen LogP contribution < -0.4 is 0 Å². The Labute approximate surface area is 258 Å². The van der Waals surface area contributed by atoms with Crippen LogP contribution in [0.3, 0.4) is 0 Å². The van der Waals surface area contributed by atoms with E-state index in [9.17, 15) is 22.4 Å². The SMILES string of the molecule is CC(C)(C)OC(=O)N1CCC(COCc2cc(C(F)(F)F)cc3ccn(COCC[Si](C)(C)C)c23)(c2ccc(F)cc2)CC1. The molecule has 0 radical (unpaired) electrons. The minimum atomic E-state index is -4.51. The van der Waals surface area contributed by atoms with Crippen LogP contribution in [0, 0.1) is 5.82 Å². The fourth-order valence-electron chi connectivity index (χ4n) is 5.48. The topological polar surface area (TPSA) is 52.9 Å². The molecule has 0 atom stereocenters. The molecule has 3 aromatic rings. The van der Waals surface area contributed by atoms with Crippen molar-refractivity contribution in [3.63, 3.8) is 0 Å². The average Bonchev–Trinajstić information content (AvgIpc) is 3.33. The van der Waals surface area contributed by atoms with E-state index in [1.807, 2.05) is 25.3 Å². The first-order valence-electron chi connectivity index (χ1n) is 15.0. The van der Waals surface area contributed by atoms with Gasteiger partial charge in [0.25, 0.3) is 0 Å². The first-order chi connectivity index (χ1) is 20.5. The number of rotatable bonds is 10. The van der Waals surface area contributed by atoms with Crippen LogP contribution in [0.5, 0.6) is 0 Å². The van der Waals surface area contributed by atoms with Crippen LogP contribution in [0.2, 0.25) is 25.7 Å². The molecule has 1 aromatic heterocycles. The highest BCUT2D eigenvalue weighted by Crippen LogP contribution is 2.38. The van der Waals surface area contributed by atoms with E-state index in [0.29, 0.717) is 49.0 Å². The number of carbonyl (C=O) groups is 1. The lowest BCUT2D eigenvalue weighted by Crippen LogP contribution is -2.48. The van der Waals surface area contributed by atoms with E-state index in [1.54, 1.807) is 29.3 Å². The molecule has 1 amide bonds. The van der Waals surface area contributed by atoms with E-state index in [1.165, 1.54) is 12.1 Å². The average molecular weight is 637 g/mol. The summed E-state index contributed by atoms with van der Waals surface area (Å²) >= 11 is 0. The largest absolute Gasteiger partial charge is 0.444 e. The summed E-state index contributed by atoms with van der Waals surface area (Å²) < 4.78 is 74.9. The van der Waals surface area contributed by atoms with Gasteiger partial charge in [0.2, 0.25) is 0 Å². The van der Waals surface area contributed by atoms with Gasteiger partial charge in [0.15, 0.2) is 0 Å². The maximum absolute atomic E-state index is 13.9. The van der Waals surface area contributed by atoms with Crippen molar-refractivity contribution >= 4 is 25.1 Å². The summed E-state index contributed by atoms with van der Waals surface area (Å²) in [5.41, 5.74) is -0.0138. The zero-order valence-corrected chi connectivity index (χ0v) is 27.5. The molecule has 0 unspecified atom stereocenters. The summed E-state index contributed by atoms with van der Waals surface area (Å²) in [4.78, 5) is 14.4. The van der Waals surface area contributed by atoms with Crippen molar-refractivity contribution in [1.29, 1.82) is 0 Å². The van der Waals surface area contributed by atoms with Crippen LogP contribution in [0.1, 0.15) is 50.3 Å². The zero-order chi connectivity index (χ0) is 32.3. The predicted octanol–water partition coefficient (Wildman–Crippen LogP) is 8.60. The van der Waals surface area contributed by atoms with Crippen molar-refractivity contribution in [1.82, 2.24) is 9.47 Å². The van der Waals surface area contributed by atoms with Crippen molar-refractivity contribution in [2.45, 2.75) is 89.8 Å². The Hall–Kier alpha value is -2.89. The van der Waals surface area contributed by atoms with Gasteiger partial charge in [0.1, 0.15) is 18.1 Å². The summed E-state index contributed by atoms with van der Waals surface area (Å²) in [6, 6.07) is 11.2. The molecule has 1 aliphatic rings. The van der Waals surface area contributed by atoms with E-state index in [-0.39, 0.29) is 25.8 Å². The van der Waals surface area contributed by atoms with Gasteiger partial charge in [0.05, 0.1) is 24.3 Å². The molecular weight excluding hydrogens is 592 g/mol. The first-order valence-corrected chi connectivity index (χ1v) is 18.8. The monoisotopic (exact) mass is 636 g/mol. The molecule has 1 fully saturated rings. The van der Waals surface area contributed by atoms with Gasteiger partial charge in [0, 0.05) is 50.3 Å². The molecule has 2 heterocycles. The molecule has 2 aromatic carbocycles. The van der Waals surface area contributed by atoms with Gasteiger partial charge in [-0.15, -0.1) is 0 Å². The molecule has 0 saturated carbocycles. The number of halogens is 4. The number of aromatic nitrogens is 1. The van der Waals surface area contributed by atoms with Gasteiger partial charge in [-0.3, -0.25) is 0 Å². The number of nitrogens with zero attached hydrogens (tertiary/aromatic N) is 2. The lowest BCUT2D eigenvalue weighted by molar-refractivity contribution is -0.137. The molecule has 0 aliphatic carbocycles. The third-order valence-corrected chi connectivity index (χ3v) is 9.66. The second-order valence-corrected chi connectivity index (χ2v) is 19.6. The van der Waals surface area contributed by atoms with Gasteiger partial charge < -0.3 is 23.7 Å². The summed E-state index contributed by atoms with van der Waals surface area (Å²) in [6.07, 6.45) is -2.11. The number of hydrogen-bond donors (Lipinski definition) is 0. The molecule has 0 spiro atoms. The van der Waals surface area contributed by atoms with Gasteiger partial charge >= 0.3 is 12.3 Å². The van der Waals surface area contributed by atoms with Crippen LogP contribution in [0.4, 0.5) is 22.4 Å². The van der Waals surface area contributed by atoms with Gasteiger partial charge in [-0.1, -0.05) is 31.8 Å². The normalized spacial score (nSPS) is 16.0. The Morgan fingerprint density at radius 2 is 1.64 bits per heavy atom. The predicted molar refractivity (Wildman–Crippen MR) is 166 cm³/mol. The standard InChI is InChI=1S/C33H44F4N2O4Si/c1-31(2,3)43-30(40)38-15-12-32(13-16-38,26-7-9-28(34)10-8-26)22-42-21-25-20-27(33(35,36)37)19-24-11-14-39(29(24)25)23-41-17-18-44(4,5)6/h7-11,14,19-20H,12-13,15-18,21-23H2,1-6H3. The first kappa shape index (κ1) is 34.0. The molecule has 4 rings (SSSR count). The smallest absolute Gasteiger partial charge is 0.416 e. The van der Waals surface area contributed by atoms with Crippen molar-refractivity contribution in [3.8, 4) is 0 Å². The van der Waals surface area contributed by atoms with Crippen LogP contribution in [0.15, 0.2) is 48.7 Å². The highest BCUT2D eigenvalue weighted by atomic mass is 28.3. The van der Waals surface area contributed by atoms with Crippen LogP contribution in [-0.2, 0) is 39.1 Å². The third-order valence-electron chi connectivity index (χ3n) is 7.96.